The summed E-state index contributed by atoms with van der Waals surface area (Å²) < 4.78 is 14.4. The van der Waals surface area contributed by atoms with E-state index in [2.05, 4.69) is 20.2 Å². The van der Waals surface area contributed by atoms with Gasteiger partial charge in [0.15, 0.2) is 5.69 Å². The first kappa shape index (κ1) is 17.6. The first-order chi connectivity index (χ1) is 12.1. The summed E-state index contributed by atoms with van der Waals surface area (Å²) in [5, 5.41) is 12.4. The molecule has 25 heavy (non-hydrogen) atoms. The van der Waals surface area contributed by atoms with E-state index in [4.69, 9.17) is 16.7 Å². The zero-order chi connectivity index (χ0) is 17.8. The molecule has 132 valence electrons. The van der Waals surface area contributed by atoms with Gasteiger partial charge in [0.2, 0.25) is 0 Å². The number of nitrogens with one attached hydrogen (secondary N) is 1. The molecule has 1 aliphatic rings. The first-order valence-electron chi connectivity index (χ1n) is 8.03. The smallest absolute Gasteiger partial charge is 0.356 e. The summed E-state index contributed by atoms with van der Waals surface area (Å²) in [5.74, 6) is -1.03. The van der Waals surface area contributed by atoms with Crippen molar-refractivity contribution in [3.8, 4) is 0 Å². The predicted octanol–water partition coefficient (Wildman–Crippen LogP) is 3.22. The van der Waals surface area contributed by atoms with Crippen molar-refractivity contribution in [2.45, 2.75) is 18.9 Å². The lowest BCUT2D eigenvalue weighted by Crippen LogP contribution is -2.32. The average Bonchev–Trinajstić information content (AvgIpc) is 3.12. The molecule has 0 spiro atoms. The molecule has 0 aliphatic carbocycles. The van der Waals surface area contributed by atoms with E-state index in [-0.39, 0.29) is 17.6 Å². The van der Waals surface area contributed by atoms with E-state index < -0.39 is 5.97 Å². The quantitative estimate of drug-likeness (QED) is 0.819. The number of anilines is 1. The number of aromatic carboxylic acids is 1. The Morgan fingerprint density at radius 3 is 2.68 bits per heavy atom. The van der Waals surface area contributed by atoms with Gasteiger partial charge in [0, 0.05) is 17.1 Å². The number of likely N-dealkylation sites (tertiary alicyclic amines) is 1. The Bertz CT molecular complexity index is 731. The molecule has 0 amide bonds. The van der Waals surface area contributed by atoms with Gasteiger partial charge in [-0.15, -0.1) is 0 Å². The molecule has 8 heteroatoms. The Morgan fingerprint density at radius 1 is 1.32 bits per heavy atom. The lowest BCUT2D eigenvalue weighted by atomic mass is 10.0. The molecule has 0 saturated carbocycles. The van der Waals surface area contributed by atoms with E-state index in [1.165, 1.54) is 18.5 Å². The van der Waals surface area contributed by atoms with Crippen molar-refractivity contribution in [3.05, 3.63) is 52.7 Å². The Labute approximate surface area is 149 Å². The summed E-state index contributed by atoms with van der Waals surface area (Å²) in [6.45, 7) is 2.14. The number of hydrogen-bond donors (Lipinski definition) is 2. The van der Waals surface area contributed by atoms with Crippen LogP contribution in [0.4, 0.5) is 10.2 Å². The lowest BCUT2D eigenvalue weighted by Gasteiger charge is -2.29. The van der Waals surface area contributed by atoms with Crippen molar-refractivity contribution in [1.29, 1.82) is 0 Å². The highest BCUT2D eigenvalue weighted by Gasteiger charge is 2.27. The fourth-order valence-corrected chi connectivity index (χ4v) is 3.32. The standard InChI is InChI=1S/C17H18ClFN4O2/c18-11-4-3-5-12(19)16(11)14(23-6-1-2-7-23)9-22-15-10-20-13(8-21-15)17(24)25/h3-5,8,10,14H,1-2,6-7,9H2,(H,21,22)(H,24,25). The molecular weight excluding hydrogens is 347 g/mol. The van der Waals surface area contributed by atoms with E-state index in [9.17, 15) is 9.18 Å². The molecule has 1 aromatic heterocycles. The Balaban J connectivity index is 1.79. The zero-order valence-electron chi connectivity index (χ0n) is 13.5. The maximum atomic E-state index is 14.4. The third kappa shape index (κ3) is 4.05. The fraction of sp³-hybridized carbons (Fsp3) is 0.353. The van der Waals surface area contributed by atoms with Gasteiger partial charge in [-0.05, 0) is 38.1 Å². The number of benzene rings is 1. The van der Waals surface area contributed by atoms with Gasteiger partial charge in [-0.3, -0.25) is 4.90 Å². The van der Waals surface area contributed by atoms with Gasteiger partial charge < -0.3 is 10.4 Å². The summed E-state index contributed by atoms with van der Waals surface area (Å²) in [4.78, 5) is 20.9. The highest BCUT2D eigenvalue weighted by molar-refractivity contribution is 6.31. The fourth-order valence-electron chi connectivity index (χ4n) is 3.03. The Kier molecular flexibility index (Phi) is 5.45. The third-order valence-electron chi connectivity index (χ3n) is 4.26. The largest absolute Gasteiger partial charge is 0.476 e. The molecule has 1 atom stereocenters. The summed E-state index contributed by atoms with van der Waals surface area (Å²) >= 11 is 6.25. The number of aromatic nitrogens is 2. The van der Waals surface area contributed by atoms with Crippen molar-refractivity contribution in [1.82, 2.24) is 14.9 Å². The Morgan fingerprint density at radius 2 is 2.08 bits per heavy atom. The topological polar surface area (TPSA) is 78.3 Å². The zero-order valence-corrected chi connectivity index (χ0v) is 14.2. The first-order valence-corrected chi connectivity index (χ1v) is 8.41. The second kappa shape index (κ2) is 7.76. The molecule has 6 nitrogen and oxygen atoms in total. The van der Waals surface area contributed by atoms with Gasteiger partial charge in [-0.25, -0.2) is 19.2 Å². The molecule has 1 fully saturated rings. The number of carboxylic acid groups (broad SMARTS) is 1. The van der Waals surface area contributed by atoms with Crippen LogP contribution in [0.3, 0.4) is 0 Å². The van der Waals surface area contributed by atoms with Crippen LogP contribution in [0.5, 0.6) is 0 Å². The molecule has 1 unspecified atom stereocenters. The van der Waals surface area contributed by atoms with Crippen LogP contribution in [0.25, 0.3) is 0 Å². The minimum absolute atomic E-state index is 0.126. The van der Waals surface area contributed by atoms with Crippen LogP contribution in [0, 0.1) is 5.82 Å². The van der Waals surface area contributed by atoms with Crippen LogP contribution in [0.2, 0.25) is 5.02 Å². The van der Waals surface area contributed by atoms with Crippen molar-refractivity contribution in [2.75, 3.05) is 25.0 Å². The van der Waals surface area contributed by atoms with E-state index in [0.717, 1.165) is 25.9 Å². The second-order valence-corrected chi connectivity index (χ2v) is 6.27. The number of hydrogen-bond acceptors (Lipinski definition) is 5. The molecular formula is C17H18ClFN4O2. The van der Waals surface area contributed by atoms with Crippen molar-refractivity contribution >= 4 is 23.4 Å². The molecule has 1 saturated heterocycles. The van der Waals surface area contributed by atoms with Crippen LogP contribution in [-0.4, -0.2) is 45.6 Å². The van der Waals surface area contributed by atoms with Crippen LogP contribution in [0.15, 0.2) is 30.6 Å². The van der Waals surface area contributed by atoms with Crippen LogP contribution in [-0.2, 0) is 0 Å². The molecule has 0 bridgehead atoms. The molecule has 1 aromatic carbocycles. The maximum Gasteiger partial charge on any atom is 0.356 e. The number of carboxylic acids is 1. The van der Waals surface area contributed by atoms with Crippen LogP contribution >= 0.6 is 11.6 Å². The Hall–Kier alpha value is -2.25. The van der Waals surface area contributed by atoms with Crippen molar-refractivity contribution < 1.29 is 14.3 Å². The number of carbonyl (C=O) groups is 1. The molecule has 2 heterocycles. The molecule has 1 aliphatic heterocycles. The van der Waals surface area contributed by atoms with Gasteiger partial charge in [-0.1, -0.05) is 17.7 Å². The van der Waals surface area contributed by atoms with Gasteiger partial charge in [0.25, 0.3) is 0 Å². The summed E-state index contributed by atoms with van der Waals surface area (Å²) in [6.07, 6.45) is 4.67. The summed E-state index contributed by atoms with van der Waals surface area (Å²) in [5.41, 5.74) is 0.340. The second-order valence-electron chi connectivity index (χ2n) is 5.87. The number of nitrogens with zero attached hydrogens (tertiary/aromatic N) is 3. The van der Waals surface area contributed by atoms with Crippen LogP contribution < -0.4 is 5.32 Å². The molecule has 0 radical (unpaired) electrons. The average molecular weight is 365 g/mol. The third-order valence-corrected chi connectivity index (χ3v) is 4.59. The maximum absolute atomic E-state index is 14.4. The SMILES string of the molecule is O=C(O)c1cnc(NCC(c2c(F)cccc2Cl)N2CCCC2)cn1. The molecule has 2 aromatic rings. The van der Waals surface area contributed by atoms with Crippen molar-refractivity contribution in [3.63, 3.8) is 0 Å². The predicted molar refractivity (Wildman–Crippen MR) is 92.4 cm³/mol. The monoisotopic (exact) mass is 364 g/mol. The van der Waals surface area contributed by atoms with E-state index >= 15 is 0 Å². The minimum atomic E-state index is -1.13. The lowest BCUT2D eigenvalue weighted by molar-refractivity contribution is 0.0690. The summed E-state index contributed by atoms with van der Waals surface area (Å²) in [6, 6.07) is 4.44. The van der Waals surface area contributed by atoms with Crippen molar-refractivity contribution in [2.24, 2.45) is 0 Å². The van der Waals surface area contributed by atoms with Gasteiger partial charge in [0.1, 0.15) is 11.6 Å². The van der Waals surface area contributed by atoms with E-state index in [1.54, 1.807) is 12.1 Å². The molecule has 3 rings (SSSR count). The van der Waals surface area contributed by atoms with Crippen LogP contribution in [0.1, 0.15) is 34.9 Å². The van der Waals surface area contributed by atoms with Gasteiger partial charge >= 0.3 is 5.97 Å². The molecule has 2 N–H and O–H groups in total. The normalized spacial score (nSPS) is 15.9. The van der Waals surface area contributed by atoms with E-state index in [1.807, 2.05) is 0 Å². The highest BCUT2D eigenvalue weighted by Crippen LogP contribution is 2.32. The van der Waals surface area contributed by atoms with Gasteiger partial charge in [0.05, 0.1) is 18.4 Å². The van der Waals surface area contributed by atoms with E-state index in [0.29, 0.717) is 22.9 Å². The highest BCUT2D eigenvalue weighted by atomic mass is 35.5. The van der Waals surface area contributed by atoms with Gasteiger partial charge in [-0.2, -0.15) is 0 Å². The minimum Gasteiger partial charge on any atom is -0.476 e. The summed E-state index contributed by atoms with van der Waals surface area (Å²) in [7, 11) is 0. The number of halogens is 2. The number of rotatable bonds is 6.